The van der Waals surface area contributed by atoms with Gasteiger partial charge < -0.3 is 9.97 Å². The highest BCUT2D eigenvalue weighted by atomic mass is 14.7. The number of nitrogens with one attached hydrogen (secondary N) is 2. The second kappa shape index (κ2) is 7.49. The van der Waals surface area contributed by atoms with Crippen molar-refractivity contribution >= 4 is 38.8 Å². The Morgan fingerprint density at radius 2 is 1.39 bits per heavy atom. The van der Waals surface area contributed by atoms with E-state index >= 15 is 0 Å². The molecule has 3 aromatic heterocycles. The number of nitrogens with zero attached hydrogens (tertiary/aromatic N) is 1. The number of aromatic nitrogens is 3. The first-order chi connectivity index (χ1) is 16.1. The fraction of sp³-hybridized carbons (Fsp3) is 0.100. The number of H-pyrrole nitrogens is 2. The zero-order valence-electron chi connectivity index (χ0n) is 19.0. The summed E-state index contributed by atoms with van der Waals surface area (Å²) in [6, 6.07) is 20.0. The molecular weight excluding hydrogens is 402 g/mol. The second-order valence-corrected chi connectivity index (χ2v) is 8.79. The molecule has 3 heteroatoms. The average molecular weight is 428 g/mol. The van der Waals surface area contributed by atoms with Crippen LogP contribution in [0.25, 0.3) is 61.0 Å². The zero-order valence-corrected chi connectivity index (χ0v) is 19.0. The Kier molecular flexibility index (Phi) is 4.44. The number of rotatable bonds is 3. The number of hydrogen-bond donors (Lipinski definition) is 2. The Balaban J connectivity index is 1.47. The van der Waals surface area contributed by atoms with Gasteiger partial charge in [0.25, 0.3) is 0 Å². The van der Waals surface area contributed by atoms with Crippen LogP contribution in [0.4, 0.5) is 0 Å². The molecule has 33 heavy (non-hydrogen) atoms. The first kappa shape index (κ1) is 19.6. The van der Waals surface area contributed by atoms with E-state index in [9.17, 15) is 0 Å². The van der Waals surface area contributed by atoms with Crippen LogP contribution in [0.1, 0.15) is 23.6 Å². The number of hydrogen-bond acceptors (Lipinski definition) is 1. The van der Waals surface area contributed by atoms with Crippen molar-refractivity contribution in [1.82, 2.24) is 15.0 Å². The fourth-order valence-corrected chi connectivity index (χ4v) is 4.97. The van der Waals surface area contributed by atoms with Gasteiger partial charge in [-0.2, -0.15) is 0 Å². The average Bonchev–Trinajstić information content (AvgIpc) is 3.41. The highest BCUT2D eigenvalue weighted by Gasteiger charge is 2.12. The molecule has 3 heterocycles. The predicted octanol–water partition coefficient (Wildman–Crippen LogP) is 8.18. The molecule has 0 atom stereocenters. The van der Waals surface area contributed by atoms with Crippen molar-refractivity contribution in [2.24, 2.45) is 0 Å². The normalized spacial score (nSPS) is 12.0. The van der Waals surface area contributed by atoms with Crippen LogP contribution in [0.15, 0.2) is 79.3 Å². The van der Waals surface area contributed by atoms with Gasteiger partial charge in [0, 0.05) is 51.3 Å². The summed E-state index contributed by atoms with van der Waals surface area (Å²) in [7, 11) is 0. The van der Waals surface area contributed by atoms with Crippen LogP contribution < -0.4 is 0 Å². The van der Waals surface area contributed by atoms with E-state index in [-0.39, 0.29) is 0 Å². The lowest BCUT2D eigenvalue weighted by molar-refractivity contribution is 1.36. The number of aromatic amines is 2. The molecule has 0 fully saturated rings. The quantitative estimate of drug-likeness (QED) is 0.294. The molecule has 0 saturated heterocycles. The van der Waals surface area contributed by atoms with Crippen molar-refractivity contribution < 1.29 is 0 Å². The molecule has 6 rings (SSSR count). The number of aryl methyl sites for hydroxylation is 2. The molecule has 3 nitrogen and oxygen atoms in total. The Bertz CT molecular complexity index is 1700. The summed E-state index contributed by atoms with van der Waals surface area (Å²) in [5.74, 6) is 0. The molecule has 0 radical (unpaired) electrons. The zero-order chi connectivity index (χ0) is 22.5. The first-order valence-electron chi connectivity index (χ1n) is 11.3. The third kappa shape index (κ3) is 3.16. The van der Waals surface area contributed by atoms with Crippen molar-refractivity contribution in [1.29, 1.82) is 0 Å². The summed E-state index contributed by atoms with van der Waals surface area (Å²) in [6.45, 7) is 6.47. The van der Waals surface area contributed by atoms with Crippen LogP contribution >= 0.6 is 0 Å². The Hall–Kier alpha value is -4.11. The summed E-state index contributed by atoms with van der Waals surface area (Å²) in [5.41, 5.74) is 12.2. The van der Waals surface area contributed by atoms with E-state index in [1.807, 2.05) is 18.5 Å². The molecule has 3 aromatic carbocycles. The molecule has 0 aliphatic carbocycles. The molecule has 0 bridgehead atoms. The van der Waals surface area contributed by atoms with Gasteiger partial charge in [0.15, 0.2) is 0 Å². The van der Waals surface area contributed by atoms with E-state index < -0.39 is 0 Å². The largest absolute Gasteiger partial charge is 0.361 e. The summed E-state index contributed by atoms with van der Waals surface area (Å²) in [4.78, 5) is 11.2. The molecule has 0 spiro atoms. The van der Waals surface area contributed by atoms with Gasteiger partial charge >= 0.3 is 0 Å². The standard InChI is InChI=1S/C30H25N3/c1-4-5-22-16-32-28-8-6-20(14-25(22)28)23-12-19(3)24(13-18(23)2)21-7-9-29-26(15-21)27-17-31-11-10-30(27)33-29/h4-17,32-33H,1-3H3/b5-4-. The number of fused-ring (bicyclic) bond motifs is 4. The van der Waals surface area contributed by atoms with Crippen LogP contribution in [0.3, 0.4) is 0 Å². The topological polar surface area (TPSA) is 44.5 Å². The summed E-state index contributed by atoms with van der Waals surface area (Å²) < 4.78 is 0. The van der Waals surface area contributed by atoms with Gasteiger partial charge in [-0.25, -0.2) is 0 Å². The Morgan fingerprint density at radius 1 is 0.727 bits per heavy atom. The van der Waals surface area contributed by atoms with Crippen molar-refractivity contribution in [2.45, 2.75) is 20.8 Å². The number of allylic oxidation sites excluding steroid dienone is 1. The monoisotopic (exact) mass is 427 g/mol. The van der Waals surface area contributed by atoms with Crippen molar-refractivity contribution in [2.75, 3.05) is 0 Å². The summed E-state index contributed by atoms with van der Waals surface area (Å²) in [6.07, 6.45) is 10.1. The SMILES string of the molecule is C/C=C\c1c[nH]c2ccc(-c3cc(C)c(-c4ccc5[nH]c6ccncc6c5c4)cc3C)cc12. The minimum atomic E-state index is 1.12. The molecule has 6 aromatic rings. The van der Waals surface area contributed by atoms with Gasteiger partial charge in [-0.3, -0.25) is 4.98 Å². The molecule has 0 aliphatic heterocycles. The highest BCUT2D eigenvalue weighted by Crippen LogP contribution is 2.36. The predicted molar refractivity (Wildman–Crippen MR) is 141 cm³/mol. The Labute approximate surface area is 192 Å². The van der Waals surface area contributed by atoms with E-state index in [1.165, 1.54) is 55.2 Å². The minimum absolute atomic E-state index is 1.12. The van der Waals surface area contributed by atoms with E-state index in [1.54, 1.807) is 0 Å². The lowest BCUT2D eigenvalue weighted by Gasteiger charge is -2.14. The van der Waals surface area contributed by atoms with E-state index in [4.69, 9.17) is 0 Å². The van der Waals surface area contributed by atoms with Crippen LogP contribution in [0.5, 0.6) is 0 Å². The van der Waals surface area contributed by atoms with E-state index in [0.717, 1.165) is 16.4 Å². The third-order valence-electron chi connectivity index (χ3n) is 6.65. The molecular formula is C30H25N3. The van der Waals surface area contributed by atoms with Crippen LogP contribution in [0.2, 0.25) is 0 Å². The molecule has 0 amide bonds. The molecule has 0 unspecified atom stereocenters. The highest BCUT2D eigenvalue weighted by molar-refractivity contribution is 6.08. The van der Waals surface area contributed by atoms with Gasteiger partial charge in [-0.15, -0.1) is 0 Å². The van der Waals surface area contributed by atoms with Gasteiger partial charge in [0.05, 0.1) is 0 Å². The maximum atomic E-state index is 4.32. The molecule has 160 valence electrons. The van der Waals surface area contributed by atoms with Crippen molar-refractivity contribution in [3.05, 3.63) is 96.0 Å². The lowest BCUT2D eigenvalue weighted by atomic mass is 9.91. The maximum absolute atomic E-state index is 4.32. The Morgan fingerprint density at radius 3 is 2.12 bits per heavy atom. The fourth-order valence-electron chi connectivity index (χ4n) is 4.97. The molecule has 0 saturated carbocycles. The van der Waals surface area contributed by atoms with Gasteiger partial charge in [0.2, 0.25) is 0 Å². The summed E-state index contributed by atoms with van der Waals surface area (Å²) >= 11 is 0. The number of pyridine rings is 1. The van der Waals surface area contributed by atoms with Crippen molar-refractivity contribution in [3.63, 3.8) is 0 Å². The van der Waals surface area contributed by atoms with Crippen LogP contribution in [0, 0.1) is 13.8 Å². The molecule has 2 N–H and O–H groups in total. The smallest absolute Gasteiger partial charge is 0.0495 e. The first-order valence-corrected chi connectivity index (χ1v) is 11.3. The van der Waals surface area contributed by atoms with Gasteiger partial charge in [-0.05, 0) is 90.0 Å². The number of benzene rings is 3. The van der Waals surface area contributed by atoms with Crippen molar-refractivity contribution in [3.8, 4) is 22.3 Å². The minimum Gasteiger partial charge on any atom is -0.361 e. The third-order valence-corrected chi connectivity index (χ3v) is 6.65. The maximum Gasteiger partial charge on any atom is 0.0495 e. The summed E-state index contributed by atoms with van der Waals surface area (Å²) in [5, 5.41) is 3.63. The van der Waals surface area contributed by atoms with Gasteiger partial charge in [-0.1, -0.05) is 36.4 Å². The molecule has 0 aliphatic rings. The van der Waals surface area contributed by atoms with Crippen LogP contribution in [-0.4, -0.2) is 15.0 Å². The lowest BCUT2D eigenvalue weighted by Crippen LogP contribution is -1.90. The van der Waals surface area contributed by atoms with E-state index in [2.05, 4.69) is 103 Å². The van der Waals surface area contributed by atoms with E-state index in [0.29, 0.717) is 0 Å². The second-order valence-electron chi connectivity index (χ2n) is 8.79. The van der Waals surface area contributed by atoms with Gasteiger partial charge in [0.1, 0.15) is 0 Å². The van der Waals surface area contributed by atoms with Crippen LogP contribution in [-0.2, 0) is 0 Å².